The fourth-order valence-corrected chi connectivity index (χ4v) is 3.19. The molecular formula is C20H16FN3O3S. The number of hydrogen-bond acceptors (Lipinski definition) is 6. The Morgan fingerprint density at radius 1 is 1.18 bits per heavy atom. The normalized spacial score (nSPS) is 10.8. The van der Waals surface area contributed by atoms with Crippen molar-refractivity contribution in [2.75, 3.05) is 5.01 Å². The minimum absolute atomic E-state index is 0.331. The molecule has 0 aliphatic heterocycles. The molecule has 0 aliphatic carbocycles. The first kappa shape index (κ1) is 19.4. The zero-order chi connectivity index (χ0) is 20.1. The van der Waals surface area contributed by atoms with Gasteiger partial charge in [0, 0.05) is 24.8 Å². The largest absolute Gasteiger partial charge is 0.427 e. The molecule has 0 aliphatic rings. The van der Waals surface area contributed by atoms with E-state index in [2.05, 4.69) is 10.1 Å². The highest BCUT2D eigenvalue weighted by Crippen LogP contribution is 2.29. The van der Waals surface area contributed by atoms with Gasteiger partial charge < -0.3 is 4.74 Å². The lowest BCUT2D eigenvalue weighted by Gasteiger charge is -2.10. The number of rotatable bonds is 5. The van der Waals surface area contributed by atoms with Gasteiger partial charge in [-0.15, -0.1) is 11.3 Å². The number of esters is 1. The summed E-state index contributed by atoms with van der Waals surface area (Å²) in [4.78, 5) is 27.6. The molecule has 0 N–H and O–H groups in total. The van der Waals surface area contributed by atoms with E-state index in [-0.39, 0.29) is 11.7 Å². The first-order valence-electron chi connectivity index (χ1n) is 8.27. The van der Waals surface area contributed by atoms with E-state index >= 15 is 0 Å². The number of hydrazone groups is 1. The van der Waals surface area contributed by atoms with Crippen LogP contribution in [-0.2, 0) is 9.59 Å². The summed E-state index contributed by atoms with van der Waals surface area (Å²) >= 11 is 1.24. The van der Waals surface area contributed by atoms with Gasteiger partial charge >= 0.3 is 5.97 Å². The molecule has 0 saturated heterocycles. The fraction of sp³-hybridized carbons (Fsp3) is 0.100. The van der Waals surface area contributed by atoms with Gasteiger partial charge in [-0.3, -0.25) is 9.59 Å². The number of halogens is 1. The second kappa shape index (κ2) is 8.53. The number of carbonyl (C=O) groups is 2. The summed E-state index contributed by atoms with van der Waals surface area (Å²) < 4.78 is 18.4. The van der Waals surface area contributed by atoms with E-state index in [1.165, 1.54) is 43.5 Å². The van der Waals surface area contributed by atoms with Crippen LogP contribution in [0.1, 0.15) is 19.4 Å². The minimum Gasteiger partial charge on any atom is -0.427 e. The third-order valence-electron chi connectivity index (χ3n) is 3.53. The molecule has 0 unspecified atom stereocenters. The zero-order valence-corrected chi connectivity index (χ0v) is 15.9. The number of carbonyl (C=O) groups excluding carboxylic acids is 2. The predicted octanol–water partition coefficient (Wildman–Crippen LogP) is 4.26. The Hall–Kier alpha value is -3.39. The summed E-state index contributed by atoms with van der Waals surface area (Å²) in [6, 6.07) is 12.8. The number of ether oxygens (including phenoxy) is 1. The average molecular weight is 397 g/mol. The van der Waals surface area contributed by atoms with E-state index < -0.39 is 5.97 Å². The lowest BCUT2D eigenvalue weighted by Crippen LogP contribution is -2.22. The van der Waals surface area contributed by atoms with Crippen LogP contribution >= 0.6 is 11.3 Å². The van der Waals surface area contributed by atoms with Crippen LogP contribution in [0.5, 0.6) is 5.75 Å². The molecular weight excluding hydrogens is 381 g/mol. The molecule has 1 heterocycles. The number of anilines is 1. The van der Waals surface area contributed by atoms with Gasteiger partial charge in [-0.2, -0.15) is 10.1 Å². The van der Waals surface area contributed by atoms with E-state index in [4.69, 9.17) is 4.74 Å². The molecule has 0 atom stereocenters. The lowest BCUT2D eigenvalue weighted by molar-refractivity contribution is -0.131. The fourth-order valence-electron chi connectivity index (χ4n) is 2.36. The van der Waals surface area contributed by atoms with Crippen LogP contribution in [0.2, 0.25) is 0 Å². The summed E-state index contributed by atoms with van der Waals surface area (Å²) in [5.41, 5.74) is 1.87. The van der Waals surface area contributed by atoms with Crippen molar-refractivity contribution in [2.45, 2.75) is 13.8 Å². The maximum Gasteiger partial charge on any atom is 0.308 e. The number of aromatic nitrogens is 1. The Morgan fingerprint density at radius 2 is 1.96 bits per heavy atom. The monoisotopic (exact) mass is 397 g/mol. The summed E-state index contributed by atoms with van der Waals surface area (Å²) in [6.07, 6.45) is 1.40. The highest BCUT2D eigenvalue weighted by atomic mass is 32.1. The van der Waals surface area contributed by atoms with E-state index in [9.17, 15) is 14.0 Å². The van der Waals surface area contributed by atoms with Gasteiger partial charge in [-0.05, 0) is 29.8 Å². The van der Waals surface area contributed by atoms with Crippen LogP contribution in [0.3, 0.4) is 0 Å². The molecule has 3 aromatic rings. The van der Waals surface area contributed by atoms with Crippen molar-refractivity contribution in [3.63, 3.8) is 0 Å². The van der Waals surface area contributed by atoms with Gasteiger partial charge in [-0.25, -0.2) is 9.37 Å². The summed E-state index contributed by atoms with van der Waals surface area (Å²) in [7, 11) is 0. The second-order valence-electron chi connectivity index (χ2n) is 5.77. The standard InChI is InChI=1S/C20H16FN3O3S/c1-13(25)24(22-11-15-5-3-7-17(21)9-15)20-23-19(12-28-20)16-6-4-8-18(10-16)27-14(2)26/h3-12H,1-2H3. The van der Waals surface area contributed by atoms with Gasteiger partial charge in [0.1, 0.15) is 11.6 Å². The molecule has 0 bridgehead atoms. The Bertz CT molecular complexity index is 1050. The van der Waals surface area contributed by atoms with Crippen LogP contribution < -0.4 is 9.75 Å². The zero-order valence-electron chi connectivity index (χ0n) is 15.1. The highest BCUT2D eigenvalue weighted by molar-refractivity contribution is 7.14. The van der Waals surface area contributed by atoms with Crippen molar-refractivity contribution in [1.82, 2.24) is 4.98 Å². The number of thiazole rings is 1. The van der Waals surface area contributed by atoms with E-state index in [1.54, 1.807) is 35.7 Å². The Labute approximate surface area is 164 Å². The van der Waals surface area contributed by atoms with Gasteiger partial charge in [0.05, 0.1) is 11.9 Å². The van der Waals surface area contributed by atoms with Crippen LogP contribution in [0, 0.1) is 5.82 Å². The summed E-state index contributed by atoms with van der Waals surface area (Å²) in [5, 5.41) is 7.43. The molecule has 2 aromatic carbocycles. The predicted molar refractivity (Wildman–Crippen MR) is 106 cm³/mol. The molecule has 1 aromatic heterocycles. The highest BCUT2D eigenvalue weighted by Gasteiger charge is 2.15. The smallest absolute Gasteiger partial charge is 0.308 e. The molecule has 142 valence electrons. The van der Waals surface area contributed by atoms with Crippen molar-refractivity contribution >= 4 is 34.6 Å². The second-order valence-corrected chi connectivity index (χ2v) is 6.60. The van der Waals surface area contributed by atoms with Crippen LogP contribution in [-0.4, -0.2) is 23.1 Å². The Morgan fingerprint density at radius 3 is 2.68 bits per heavy atom. The first-order valence-corrected chi connectivity index (χ1v) is 9.15. The molecule has 28 heavy (non-hydrogen) atoms. The molecule has 0 fully saturated rings. The average Bonchev–Trinajstić information content (AvgIpc) is 3.11. The van der Waals surface area contributed by atoms with E-state index in [0.29, 0.717) is 22.1 Å². The Balaban J connectivity index is 1.85. The molecule has 8 heteroatoms. The van der Waals surface area contributed by atoms with Crippen LogP contribution in [0.4, 0.5) is 9.52 Å². The lowest BCUT2D eigenvalue weighted by atomic mass is 10.2. The maximum absolute atomic E-state index is 13.3. The third kappa shape index (κ3) is 4.86. The van der Waals surface area contributed by atoms with Crippen LogP contribution in [0.15, 0.2) is 59.0 Å². The van der Waals surface area contributed by atoms with Crippen molar-refractivity contribution in [2.24, 2.45) is 5.10 Å². The number of hydrogen-bond donors (Lipinski definition) is 0. The topological polar surface area (TPSA) is 71.9 Å². The Kier molecular flexibility index (Phi) is 5.90. The quantitative estimate of drug-likeness (QED) is 0.279. The molecule has 6 nitrogen and oxygen atoms in total. The van der Waals surface area contributed by atoms with Gasteiger partial charge in [0.15, 0.2) is 0 Å². The van der Waals surface area contributed by atoms with Gasteiger partial charge in [0.25, 0.3) is 0 Å². The number of benzene rings is 2. The van der Waals surface area contributed by atoms with E-state index in [1.807, 2.05) is 6.07 Å². The summed E-state index contributed by atoms with van der Waals surface area (Å²) in [6.45, 7) is 2.69. The SMILES string of the molecule is CC(=O)Oc1cccc(-c2csc(N(N=Cc3cccc(F)c3)C(C)=O)n2)c1. The van der Waals surface area contributed by atoms with Crippen molar-refractivity contribution in [3.05, 3.63) is 65.3 Å². The molecule has 1 amide bonds. The number of nitrogens with zero attached hydrogens (tertiary/aromatic N) is 3. The van der Waals surface area contributed by atoms with E-state index in [0.717, 1.165) is 10.6 Å². The summed E-state index contributed by atoms with van der Waals surface area (Å²) in [5.74, 6) is -0.720. The number of amides is 1. The van der Waals surface area contributed by atoms with Crippen molar-refractivity contribution in [1.29, 1.82) is 0 Å². The van der Waals surface area contributed by atoms with Gasteiger partial charge in [0.2, 0.25) is 11.0 Å². The first-order chi connectivity index (χ1) is 13.4. The van der Waals surface area contributed by atoms with Gasteiger partial charge in [-0.1, -0.05) is 24.3 Å². The van der Waals surface area contributed by atoms with Crippen LogP contribution in [0.25, 0.3) is 11.3 Å². The minimum atomic E-state index is -0.412. The van der Waals surface area contributed by atoms with Crippen molar-refractivity contribution < 1.29 is 18.7 Å². The molecule has 3 rings (SSSR count). The molecule has 0 radical (unpaired) electrons. The maximum atomic E-state index is 13.3. The molecule has 0 saturated carbocycles. The van der Waals surface area contributed by atoms with Crippen molar-refractivity contribution in [3.8, 4) is 17.0 Å². The molecule has 0 spiro atoms. The third-order valence-corrected chi connectivity index (χ3v) is 4.35.